The van der Waals surface area contributed by atoms with Crippen LogP contribution >= 0.6 is 0 Å². The van der Waals surface area contributed by atoms with Gasteiger partial charge < -0.3 is 10.2 Å². The van der Waals surface area contributed by atoms with E-state index in [0.29, 0.717) is 0 Å². The summed E-state index contributed by atoms with van der Waals surface area (Å²) in [6, 6.07) is 0. The van der Waals surface area contributed by atoms with Crippen LogP contribution in [-0.2, 0) is 0 Å². The molecule has 0 aliphatic heterocycles. The maximum atomic E-state index is 8.95. The van der Waals surface area contributed by atoms with Gasteiger partial charge in [0.2, 0.25) is 0 Å². The van der Waals surface area contributed by atoms with E-state index in [0.717, 1.165) is 0 Å². The van der Waals surface area contributed by atoms with Gasteiger partial charge in [-0.05, 0) is 12.8 Å². The lowest BCUT2D eigenvalue weighted by Gasteiger charge is -2.16. The number of aliphatic hydroxyl groups excluding tert-OH is 2. The van der Waals surface area contributed by atoms with Gasteiger partial charge in [0.15, 0.2) is 0 Å². The van der Waals surface area contributed by atoms with Gasteiger partial charge in [-0.3, -0.25) is 0 Å². The largest absolute Gasteiger partial charge is 0.391 e. The van der Waals surface area contributed by atoms with Crippen LogP contribution in [0.25, 0.3) is 0 Å². The van der Waals surface area contributed by atoms with Crippen molar-refractivity contribution < 1.29 is 10.2 Å². The molecule has 0 aromatic rings. The number of rotatable bonds is 2. The summed E-state index contributed by atoms with van der Waals surface area (Å²) in [7, 11) is 0. The molecule has 2 atom stereocenters. The summed E-state index contributed by atoms with van der Waals surface area (Å²) >= 11 is 0. The average molecular weight is 118 g/mol. The molecule has 0 aromatic heterocycles. The maximum Gasteiger partial charge on any atom is 0.0819 e. The molecule has 0 fully saturated rings. The normalized spacial score (nSPS) is 18.8. The first-order valence-electron chi connectivity index (χ1n) is 2.92. The van der Waals surface area contributed by atoms with Crippen molar-refractivity contribution in [2.24, 2.45) is 5.92 Å². The van der Waals surface area contributed by atoms with E-state index in [1.54, 1.807) is 6.92 Å². The van der Waals surface area contributed by atoms with Gasteiger partial charge in [0, 0.05) is 0 Å². The summed E-state index contributed by atoms with van der Waals surface area (Å²) < 4.78 is 0. The van der Waals surface area contributed by atoms with Gasteiger partial charge in [-0.25, -0.2) is 0 Å². The van der Waals surface area contributed by atoms with Crippen LogP contribution in [0.1, 0.15) is 20.8 Å². The van der Waals surface area contributed by atoms with E-state index in [4.69, 9.17) is 10.2 Å². The number of hydrogen-bond donors (Lipinski definition) is 2. The fourth-order valence-electron chi connectivity index (χ4n) is 0.557. The first kappa shape index (κ1) is 7.92. The molecule has 50 valence electrons. The molecule has 0 aromatic carbocycles. The first-order chi connectivity index (χ1) is 3.55. The number of hydrogen-bond acceptors (Lipinski definition) is 2. The fraction of sp³-hybridized carbons (Fsp3) is 1.00. The molecule has 0 amide bonds. The van der Waals surface area contributed by atoms with Gasteiger partial charge in [-0.15, -0.1) is 0 Å². The van der Waals surface area contributed by atoms with E-state index in [9.17, 15) is 0 Å². The third kappa shape index (κ3) is 2.28. The average Bonchev–Trinajstić information content (AvgIpc) is 1.64. The standard InChI is InChI=1S/C6H14O2/c1-4(2)6(8)5(3)7/h4-8H,1-3H3/t5-,6+/m1/s1. The summed E-state index contributed by atoms with van der Waals surface area (Å²) in [5, 5.41) is 17.7. The highest BCUT2D eigenvalue weighted by Gasteiger charge is 2.13. The second-order valence-electron chi connectivity index (χ2n) is 2.48. The Labute approximate surface area is 50.2 Å². The topological polar surface area (TPSA) is 40.5 Å². The van der Waals surface area contributed by atoms with Crippen molar-refractivity contribution in [1.29, 1.82) is 0 Å². The Balaban J connectivity index is 3.46. The Morgan fingerprint density at radius 1 is 1.00 bits per heavy atom. The number of aliphatic hydroxyl groups is 2. The molecule has 2 heteroatoms. The van der Waals surface area contributed by atoms with E-state index in [1.165, 1.54) is 0 Å². The monoisotopic (exact) mass is 118 g/mol. The third-order valence-corrected chi connectivity index (χ3v) is 1.18. The first-order valence-corrected chi connectivity index (χ1v) is 2.92. The van der Waals surface area contributed by atoms with E-state index in [1.807, 2.05) is 13.8 Å². The molecule has 8 heavy (non-hydrogen) atoms. The summed E-state index contributed by atoms with van der Waals surface area (Å²) in [6.45, 7) is 5.33. The minimum Gasteiger partial charge on any atom is -0.391 e. The predicted octanol–water partition coefficient (Wildman–Crippen LogP) is 0.384. The Kier molecular flexibility index (Phi) is 3.02. The van der Waals surface area contributed by atoms with E-state index < -0.39 is 12.2 Å². The SMILES string of the molecule is CC(C)[C@H](O)[C@@H](C)O. The van der Waals surface area contributed by atoms with E-state index in [2.05, 4.69) is 0 Å². The lowest BCUT2D eigenvalue weighted by molar-refractivity contribution is 0.00273. The zero-order valence-electron chi connectivity index (χ0n) is 5.63. The molecule has 2 N–H and O–H groups in total. The molecule has 0 saturated carbocycles. The Bertz CT molecular complexity index is 51.5. The summed E-state index contributed by atoms with van der Waals surface area (Å²) in [4.78, 5) is 0. The Morgan fingerprint density at radius 3 is 1.38 bits per heavy atom. The van der Waals surface area contributed by atoms with Crippen molar-refractivity contribution in [2.45, 2.75) is 33.0 Å². The van der Waals surface area contributed by atoms with E-state index >= 15 is 0 Å². The van der Waals surface area contributed by atoms with Crippen molar-refractivity contribution in [3.8, 4) is 0 Å². The third-order valence-electron chi connectivity index (χ3n) is 1.18. The van der Waals surface area contributed by atoms with Crippen molar-refractivity contribution in [3.05, 3.63) is 0 Å². The summed E-state index contributed by atoms with van der Waals surface area (Å²) in [6.07, 6.45) is -1.18. The zero-order valence-corrected chi connectivity index (χ0v) is 5.63. The van der Waals surface area contributed by atoms with Gasteiger partial charge >= 0.3 is 0 Å². The van der Waals surface area contributed by atoms with Crippen LogP contribution in [0.2, 0.25) is 0 Å². The molecule has 0 rings (SSSR count). The van der Waals surface area contributed by atoms with Gasteiger partial charge in [-0.1, -0.05) is 13.8 Å². The molecule has 0 bridgehead atoms. The van der Waals surface area contributed by atoms with Gasteiger partial charge in [0.1, 0.15) is 0 Å². The van der Waals surface area contributed by atoms with Crippen molar-refractivity contribution in [2.75, 3.05) is 0 Å². The summed E-state index contributed by atoms with van der Waals surface area (Å²) in [5.74, 6) is 0.148. The molecular weight excluding hydrogens is 104 g/mol. The minimum absolute atomic E-state index is 0.148. The van der Waals surface area contributed by atoms with Gasteiger partial charge in [0.05, 0.1) is 12.2 Å². The molecule has 2 nitrogen and oxygen atoms in total. The molecule has 0 heterocycles. The molecule has 0 aliphatic carbocycles. The fourth-order valence-corrected chi connectivity index (χ4v) is 0.557. The minimum atomic E-state index is -0.602. The maximum absolute atomic E-state index is 8.95. The van der Waals surface area contributed by atoms with Gasteiger partial charge in [0.25, 0.3) is 0 Å². The van der Waals surface area contributed by atoms with Crippen LogP contribution in [-0.4, -0.2) is 22.4 Å². The molecular formula is C6H14O2. The van der Waals surface area contributed by atoms with Crippen LogP contribution in [0.4, 0.5) is 0 Å². The van der Waals surface area contributed by atoms with Crippen molar-refractivity contribution >= 4 is 0 Å². The Hall–Kier alpha value is -0.0800. The molecule has 0 spiro atoms. The lowest BCUT2D eigenvalue weighted by Crippen LogP contribution is -2.27. The molecule has 0 radical (unpaired) electrons. The quantitative estimate of drug-likeness (QED) is 0.550. The zero-order chi connectivity index (χ0) is 6.73. The second-order valence-corrected chi connectivity index (χ2v) is 2.48. The second kappa shape index (κ2) is 3.05. The predicted molar refractivity (Wildman–Crippen MR) is 32.5 cm³/mol. The lowest BCUT2D eigenvalue weighted by atomic mass is 10.0. The van der Waals surface area contributed by atoms with Crippen LogP contribution in [0.3, 0.4) is 0 Å². The highest BCUT2D eigenvalue weighted by molar-refractivity contribution is 4.64. The van der Waals surface area contributed by atoms with E-state index in [-0.39, 0.29) is 5.92 Å². The summed E-state index contributed by atoms with van der Waals surface area (Å²) in [5.41, 5.74) is 0. The Morgan fingerprint density at radius 2 is 1.38 bits per heavy atom. The van der Waals surface area contributed by atoms with Gasteiger partial charge in [-0.2, -0.15) is 0 Å². The van der Waals surface area contributed by atoms with Crippen LogP contribution in [0.5, 0.6) is 0 Å². The van der Waals surface area contributed by atoms with Crippen molar-refractivity contribution in [1.82, 2.24) is 0 Å². The molecule has 0 aliphatic rings. The molecule has 0 unspecified atom stereocenters. The van der Waals surface area contributed by atoms with Crippen molar-refractivity contribution in [3.63, 3.8) is 0 Å². The highest BCUT2D eigenvalue weighted by atomic mass is 16.3. The molecule has 0 saturated heterocycles. The smallest absolute Gasteiger partial charge is 0.0819 e. The van der Waals surface area contributed by atoms with Crippen LogP contribution < -0.4 is 0 Å². The highest BCUT2D eigenvalue weighted by Crippen LogP contribution is 2.04. The van der Waals surface area contributed by atoms with Crippen LogP contribution in [0, 0.1) is 5.92 Å². The van der Waals surface area contributed by atoms with Crippen LogP contribution in [0.15, 0.2) is 0 Å².